The Morgan fingerprint density at radius 2 is 1.67 bits per heavy atom. The molecule has 0 aromatic heterocycles. The third kappa shape index (κ3) is 4.07. The molecule has 2 rings (SSSR count). The molecule has 0 heterocycles. The smallest absolute Gasteiger partial charge is 0.0991 e. The third-order valence-corrected chi connectivity index (χ3v) is 3.16. The van der Waals surface area contributed by atoms with Crippen LogP contribution >= 0.6 is 0 Å². The molecule has 0 aliphatic carbocycles. The second-order valence-electron chi connectivity index (χ2n) is 4.66. The molecule has 0 fully saturated rings. The molecular weight excluding hydrogens is 262 g/mol. The molecule has 0 bridgehead atoms. The van der Waals surface area contributed by atoms with Crippen molar-refractivity contribution in [1.82, 2.24) is 0 Å². The van der Waals surface area contributed by atoms with E-state index in [1.165, 1.54) is 0 Å². The van der Waals surface area contributed by atoms with Crippen LogP contribution < -0.4 is 5.32 Å². The van der Waals surface area contributed by atoms with E-state index in [2.05, 4.69) is 11.4 Å². The largest absolute Gasteiger partial charge is 0.387 e. The summed E-state index contributed by atoms with van der Waals surface area (Å²) in [6.07, 6.45) is -0.245. The Morgan fingerprint density at radius 3 is 2.24 bits per heavy atom. The molecule has 0 amide bonds. The predicted octanol–water partition coefficient (Wildman–Crippen LogP) is 2.77. The van der Waals surface area contributed by atoms with Crippen molar-refractivity contribution in [3.63, 3.8) is 0 Å². The molecule has 2 N–H and O–H groups in total. The van der Waals surface area contributed by atoms with Gasteiger partial charge in [0, 0.05) is 12.2 Å². The van der Waals surface area contributed by atoms with Gasteiger partial charge in [-0.2, -0.15) is 10.5 Å². The molecule has 0 spiro atoms. The van der Waals surface area contributed by atoms with Crippen LogP contribution in [0.1, 0.15) is 22.8 Å². The SMILES string of the molecule is N#CCc1ccc(NCC(O)c2ccc(C#N)cc2)cc1. The van der Waals surface area contributed by atoms with Crippen molar-refractivity contribution < 1.29 is 5.11 Å². The fraction of sp³-hybridized carbons (Fsp3) is 0.176. The minimum absolute atomic E-state index is 0.378. The van der Waals surface area contributed by atoms with Crippen LogP contribution in [0.4, 0.5) is 5.69 Å². The number of aliphatic hydroxyl groups excluding tert-OH is 1. The molecule has 4 heteroatoms. The van der Waals surface area contributed by atoms with Crippen molar-refractivity contribution in [2.24, 2.45) is 0 Å². The summed E-state index contributed by atoms with van der Waals surface area (Å²) in [6.45, 7) is 0.378. The molecule has 104 valence electrons. The zero-order valence-electron chi connectivity index (χ0n) is 11.5. The monoisotopic (exact) mass is 277 g/mol. The number of hydrogen-bond donors (Lipinski definition) is 2. The van der Waals surface area contributed by atoms with Crippen LogP contribution in [-0.4, -0.2) is 11.7 Å². The molecule has 0 radical (unpaired) electrons. The van der Waals surface area contributed by atoms with Gasteiger partial charge in [0.05, 0.1) is 30.2 Å². The van der Waals surface area contributed by atoms with E-state index in [1.54, 1.807) is 24.3 Å². The molecule has 2 aromatic rings. The maximum atomic E-state index is 10.1. The number of benzene rings is 2. The van der Waals surface area contributed by atoms with Gasteiger partial charge in [0.25, 0.3) is 0 Å². The lowest BCUT2D eigenvalue weighted by Gasteiger charge is -2.13. The highest BCUT2D eigenvalue weighted by atomic mass is 16.3. The Bertz CT molecular complexity index is 663. The van der Waals surface area contributed by atoms with Gasteiger partial charge in [-0.25, -0.2) is 0 Å². The Morgan fingerprint density at radius 1 is 1.00 bits per heavy atom. The van der Waals surface area contributed by atoms with E-state index >= 15 is 0 Å². The van der Waals surface area contributed by atoms with Gasteiger partial charge in [0.15, 0.2) is 0 Å². The number of nitriles is 2. The highest BCUT2D eigenvalue weighted by molar-refractivity contribution is 5.45. The second kappa shape index (κ2) is 7.09. The Kier molecular flexibility index (Phi) is 4.93. The molecule has 21 heavy (non-hydrogen) atoms. The number of nitrogens with zero attached hydrogens (tertiary/aromatic N) is 2. The molecule has 0 aliphatic rings. The number of rotatable bonds is 5. The number of nitrogens with one attached hydrogen (secondary N) is 1. The summed E-state index contributed by atoms with van der Waals surface area (Å²) >= 11 is 0. The van der Waals surface area contributed by atoms with Crippen LogP contribution in [0.5, 0.6) is 0 Å². The van der Waals surface area contributed by atoms with Crippen LogP contribution in [0.3, 0.4) is 0 Å². The molecule has 0 aliphatic heterocycles. The van der Waals surface area contributed by atoms with Gasteiger partial charge in [0.1, 0.15) is 0 Å². The van der Waals surface area contributed by atoms with Crippen molar-refractivity contribution in [2.75, 3.05) is 11.9 Å². The van der Waals surface area contributed by atoms with Crippen molar-refractivity contribution in [2.45, 2.75) is 12.5 Å². The van der Waals surface area contributed by atoms with Gasteiger partial charge < -0.3 is 10.4 Å². The van der Waals surface area contributed by atoms with Crippen molar-refractivity contribution >= 4 is 5.69 Å². The average molecular weight is 277 g/mol. The average Bonchev–Trinajstić information content (AvgIpc) is 2.54. The minimum Gasteiger partial charge on any atom is -0.387 e. The van der Waals surface area contributed by atoms with Crippen LogP contribution in [-0.2, 0) is 6.42 Å². The van der Waals surface area contributed by atoms with Crippen molar-refractivity contribution in [1.29, 1.82) is 10.5 Å². The van der Waals surface area contributed by atoms with Gasteiger partial charge in [0.2, 0.25) is 0 Å². The minimum atomic E-state index is -0.642. The van der Waals surface area contributed by atoms with Gasteiger partial charge in [-0.15, -0.1) is 0 Å². The van der Waals surface area contributed by atoms with E-state index in [4.69, 9.17) is 10.5 Å². The van der Waals surface area contributed by atoms with E-state index in [9.17, 15) is 5.11 Å². The first-order chi connectivity index (χ1) is 10.2. The van der Waals surface area contributed by atoms with Gasteiger partial charge in [-0.1, -0.05) is 24.3 Å². The molecule has 0 saturated carbocycles. The standard InChI is InChI=1S/C17H15N3O/c18-10-9-13-3-7-16(8-4-13)20-12-17(21)15-5-1-14(11-19)2-6-15/h1-8,17,20-21H,9,12H2. The summed E-state index contributed by atoms with van der Waals surface area (Å²) in [5, 5.41) is 30.6. The topological polar surface area (TPSA) is 79.8 Å². The normalized spacial score (nSPS) is 11.2. The van der Waals surface area contributed by atoms with E-state index in [0.717, 1.165) is 16.8 Å². The van der Waals surface area contributed by atoms with Gasteiger partial charge in [-0.3, -0.25) is 0 Å². The number of aliphatic hydroxyl groups is 1. The Balaban J connectivity index is 1.92. The van der Waals surface area contributed by atoms with Gasteiger partial charge >= 0.3 is 0 Å². The molecule has 4 nitrogen and oxygen atoms in total. The van der Waals surface area contributed by atoms with Crippen molar-refractivity contribution in [3.05, 3.63) is 65.2 Å². The van der Waals surface area contributed by atoms with E-state index in [0.29, 0.717) is 18.5 Å². The van der Waals surface area contributed by atoms with E-state index < -0.39 is 6.10 Å². The maximum Gasteiger partial charge on any atom is 0.0991 e. The Hall–Kier alpha value is -2.82. The lowest BCUT2D eigenvalue weighted by Crippen LogP contribution is -2.12. The van der Waals surface area contributed by atoms with Gasteiger partial charge in [-0.05, 0) is 35.4 Å². The maximum absolute atomic E-state index is 10.1. The molecule has 0 saturated heterocycles. The van der Waals surface area contributed by atoms with Crippen molar-refractivity contribution in [3.8, 4) is 12.1 Å². The highest BCUT2D eigenvalue weighted by Gasteiger charge is 2.07. The van der Waals surface area contributed by atoms with E-state index in [1.807, 2.05) is 30.3 Å². The zero-order valence-corrected chi connectivity index (χ0v) is 11.5. The summed E-state index contributed by atoms with van der Waals surface area (Å²) in [5.41, 5.74) is 3.20. The number of anilines is 1. The fourth-order valence-electron chi connectivity index (χ4n) is 1.94. The lowest BCUT2D eigenvalue weighted by atomic mass is 10.1. The zero-order chi connectivity index (χ0) is 15.1. The summed E-state index contributed by atoms with van der Waals surface area (Å²) < 4.78 is 0. The highest BCUT2D eigenvalue weighted by Crippen LogP contribution is 2.16. The summed E-state index contributed by atoms with van der Waals surface area (Å²) in [6, 6.07) is 18.6. The van der Waals surface area contributed by atoms with Crippen LogP contribution in [0.15, 0.2) is 48.5 Å². The molecular formula is C17H15N3O. The first-order valence-electron chi connectivity index (χ1n) is 6.61. The fourth-order valence-corrected chi connectivity index (χ4v) is 1.94. The van der Waals surface area contributed by atoms with Crippen LogP contribution in [0.25, 0.3) is 0 Å². The summed E-state index contributed by atoms with van der Waals surface area (Å²) in [7, 11) is 0. The predicted molar refractivity (Wildman–Crippen MR) is 80.4 cm³/mol. The first kappa shape index (κ1) is 14.6. The second-order valence-corrected chi connectivity index (χ2v) is 4.66. The van der Waals surface area contributed by atoms with E-state index in [-0.39, 0.29) is 0 Å². The number of hydrogen-bond acceptors (Lipinski definition) is 4. The van der Waals surface area contributed by atoms with Crippen LogP contribution in [0.2, 0.25) is 0 Å². The summed E-state index contributed by atoms with van der Waals surface area (Å²) in [5.74, 6) is 0. The quantitative estimate of drug-likeness (QED) is 0.880. The summed E-state index contributed by atoms with van der Waals surface area (Å²) in [4.78, 5) is 0. The van der Waals surface area contributed by atoms with Crippen LogP contribution in [0, 0.1) is 22.7 Å². The first-order valence-corrected chi connectivity index (χ1v) is 6.61. The molecule has 2 aromatic carbocycles. The third-order valence-electron chi connectivity index (χ3n) is 3.16. The Labute approximate surface area is 123 Å². The molecule has 1 atom stereocenters. The molecule has 1 unspecified atom stereocenters. The lowest BCUT2D eigenvalue weighted by molar-refractivity contribution is 0.191.